The maximum absolute atomic E-state index is 11.9. The fourth-order valence-corrected chi connectivity index (χ4v) is 1.91. The van der Waals surface area contributed by atoms with Crippen molar-refractivity contribution in [2.45, 2.75) is 6.92 Å². The van der Waals surface area contributed by atoms with E-state index in [2.05, 4.69) is 10.5 Å². The summed E-state index contributed by atoms with van der Waals surface area (Å²) in [5.74, 6) is 1.01. The molecule has 0 radical (unpaired) electrons. The normalized spacial score (nSPS) is 11.0. The second kappa shape index (κ2) is 7.26. The van der Waals surface area contributed by atoms with Gasteiger partial charge in [-0.25, -0.2) is 5.43 Å². The highest BCUT2D eigenvalue weighted by Gasteiger charge is 2.07. The molecular formula is C17H18N2O3. The molecule has 0 spiro atoms. The molecule has 2 rings (SSSR count). The molecule has 0 heterocycles. The van der Waals surface area contributed by atoms with Crippen molar-refractivity contribution in [1.82, 2.24) is 5.43 Å². The second-order valence-electron chi connectivity index (χ2n) is 4.57. The lowest BCUT2D eigenvalue weighted by Gasteiger charge is -2.09. The van der Waals surface area contributed by atoms with Crippen molar-refractivity contribution in [1.29, 1.82) is 0 Å². The summed E-state index contributed by atoms with van der Waals surface area (Å²) in [7, 11) is 3.16. The predicted octanol–water partition coefficient (Wildman–Crippen LogP) is 2.86. The third-order valence-corrected chi connectivity index (χ3v) is 3.16. The first kappa shape index (κ1) is 15.6. The Kier molecular flexibility index (Phi) is 5.14. The molecule has 0 saturated heterocycles. The van der Waals surface area contributed by atoms with Gasteiger partial charge in [-0.3, -0.25) is 4.79 Å². The van der Waals surface area contributed by atoms with Gasteiger partial charge in [-0.05, 0) is 37.3 Å². The molecule has 0 aliphatic heterocycles. The van der Waals surface area contributed by atoms with Crippen molar-refractivity contribution >= 4 is 11.6 Å². The van der Waals surface area contributed by atoms with Crippen LogP contribution in [0.1, 0.15) is 22.8 Å². The van der Waals surface area contributed by atoms with Gasteiger partial charge in [0.1, 0.15) is 0 Å². The van der Waals surface area contributed by atoms with Gasteiger partial charge in [0.2, 0.25) is 0 Å². The van der Waals surface area contributed by atoms with E-state index in [0.717, 1.165) is 5.56 Å². The zero-order chi connectivity index (χ0) is 15.9. The fraction of sp³-hybridized carbons (Fsp3) is 0.176. The maximum Gasteiger partial charge on any atom is 0.271 e. The number of hydrogen-bond donors (Lipinski definition) is 1. The topological polar surface area (TPSA) is 59.9 Å². The van der Waals surface area contributed by atoms with Crippen molar-refractivity contribution < 1.29 is 14.3 Å². The van der Waals surface area contributed by atoms with Crippen LogP contribution in [0.25, 0.3) is 0 Å². The Morgan fingerprint density at radius 3 is 2.27 bits per heavy atom. The molecule has 2 aromatic rings. The molecule has 0 aliphatic carbocycles. The van der Waals surface area contributed by atoms with Crippen molar-refractivity contribution in [2.75, 3.05) is 14.2 Å². The number of hydrazone groups is 1. The lowest BCUT2D eigenvalue weighted by molar-refractivity contribution is 0.0955. The number of rotatable bonds is 5. The van der Waals surface area contributed by atoms with Gasteiger partial charge in [-0.1, -0.05) is 18.2 Å². The number of hydrogen-bond acceptors (Lipinski definition) is 4. The second-order valence-corrected chi connectivity index (χ2v) is 4.57. The number of nitrogens with zero attached hydrogens (tertiary/aromatic N) is 1. The minimum absolute atomic E-state index is 0.250. The monoisotopic (exact) mass is 298 g/mol. The van der Waals surface area contributed by atoms with Crippen LogP contribution in [0.15, 0.2) is 53.6 Å². The van der Waals surface area contributed by atoms with E-state index in [9.17, 15) is 4.79 Å². The van der Waals surface area contributed by atoms with E-state index in [0.29, 0.717) is 22.8 Å². The molecule has 0 aliphatic rings. The van der Waals surface area contributed by atoms with Crippen LogP contribution >= 0.6 is 0 Å². The molecule has 1 amide bonds. The largest absolute Gasteiger partial charge is 0.493 e. The molecule has 5 heteroatoms. The van der Waals surface area contributed by atoms with Gasteiger partial charge >= 0.3 is 0 Å². The molecule has 5 nitrogen and oxygen atoms in total. The number of benzene rings is 2. The molecule has 2 aromatic carbocycles. The third-order valence-electron chi connectivity index (χ3n) is 3.16. The van der Waals surface area contributed by atoms with Gasteiger partial charge in [-0.2, -0.15) is 5.10 Å². The number of carbonyl (C=O) groups excluding carboxylic acids is 1. The van der Waals surface area contributed by atoms with Gasteiger partial charge in [0.25, 0.3) is 5.91 Å². The highest BCUT2D eigenvalue weighted by molar-refractivity contribution is 6.01. The molecule has 0 aromatic heterocycles. The SMILES string of the molecule is COc1ccc(/C(C)=N/NC(=O)c2ccccc2)cc1OC. The van der Waals surface area contributed by atoms with Crippen LogP contribution in [0.2, 0.25) is 0 Å². The summed E-state index contributed by atoms with van der Waals surface area (Å²) in [6.07, 6.45) is 0. The summed E-state index contributed by atoms with van der Waals surface area (Å²) in [4.78, 5) is 11.9. The van der Waals surface area contributed by atoms with E-state index >= 15 is 0 Å². The predicted molar refractivity (Wildman–Crippen MR) is 85.7 cm³/mol. The van der Waals surface area contributed by atoms with E-state index in [-0.39, 0.29) is 5.91 Å². The van der Waals surface area contributed by atoms with E-state index in [4.69, 9.17) is 9.47 Å². The smallest absolute Gasteiger partial charge is 0.271 e. The molecule has 0 unspecified atom stereocenters. The van der Waals surface area contributed by atoms with E-state index in [1.807, 2.05) is 25.1 Å². The minimum Gasteiger partial charge on any atom is -0.493 e. The summed E-state index contributed by atoms with van der Waals surface area (Å²) >= 11 is 0. The average molecular weight is 298 g/mol. The first-order chi connectivity index (χ1) is 10.7. The van der Waals surface area contributed by atoms with Crippen LogP contribution in [0.3, 0.4) is 0 Å². The summed E-state index contributed by atoms with van der Waals surface area (Å²) in [5.41, 5.74) is 4.61. The Bertz CT molecular complexity index is 682. The van der Waals surface area contributed by atoms with Crippen molar-refractivity contribution in [3.8, 4) is 11.5 Å². The summed E-state index contributed by atoms with van der Waals surface area (Å²) in [6.45, 7) is 1.81. The van der Waals surface area contributed by atoms with Gasteiger partial charge in [0.15, 0.2) is 11.5 Å². The van der Waals surface area contributed by atoms with Crippen molar-refractivity contribution in [3.63, 3.8) is 0 Å². The molecule has 0 atom stereocenters. The molecule has 22 heavy (non-hydrogen) atoms. The summed E-state index contributed by atoms with van der Waals surface area (Å²) < 4.78 is 10.4. The molecular weight excluding hydrogens is 280 g/mol. The van der Waals surface area contributed by atoms with E-state index in [1.165, 1.54) is 0 Å². The van der Waals surface area contributed by atoms with Crippen LogP contribution in [-0.4, -0.2) is 25.8 Å². The Morgan fingerprint density at radius 1 is 0.955 bits per heavy atom. The lowest BCUT2D eigenvalue weighted by Crippen LogP contribution is -2.19. The summed E-state index contributed by atoms with van der Waals surface area (Å²) in [5, 5.41) is 4.12. The first-order valence-electron chi connectivity index (χ1n) is 6.77. The lowest BCUT2D eigenvalue weighted by atomic mass is 10.1. The number of methoxy groups -OCH3 is 2. The molecule has 1 N–H and O–H groups in total. The number of ether oxygens (including phenoxy) is 2. The minimum atomic E-state index is -0.250. The highest BCUT2D eigenvalue weighted by Crippen LogP contribution is 2.27. The van der Waals surface area contributed by atoms with Gasteiger partial charge in [-0.15, -0.1) is 0 Å². The van der Waals surface area contributed by atoms with Crippen LogP contribution in [0.4, 0.5) is 0 Å². The fourth-order valence-electron chi connectivity index (χ4n) is 1.91. The molecule has 0 fully saturated rings. The van der Waals surface area contributed by atoms with Crippen LogP contribution in [0, 0.1) is 0 Å². The standard InChI is InChI=1S/C17H18N2O3/c1-12(14-9-10-15(21-2)16(11-14)22-3)18-19-17(20)13-7-5-4-6-8-13/h4-11H,1-3H3,(H,19,20)/b18-12+. The third kappa shape index (κ3) is 3.63. The molecule has 0 bridgehead atoms. The Hall–Kier alpha value is -2.82. The van der Waals surface area contributed by atoms with Crippen molar-refractivity contribution in [2.24, 2.45) is 5.10 Å². The van der Waals surface area contributed by atoms with Crippen LogP contribution in [0.5, 0.6) is 11.5 Å². The van der Waals surface area contributed by atoms with Gasteiger partial charge < -0.3 is 9.47 Å². The number of nitrogens with one attached hydrogen (secondary N) is 1. The average Bonchev–Trinajstić information content (AvgIpc) is 2.59. The Morgan fingerprint density at radius 2 is 1.64 bits per heavy atom. The maximum atomic E-state index is 11.9. The Balaban J connectivity index is 2.14. The van der Waals surface area contributed by atoms with Crippen LogP contribution in [-0.2, 0) is 0 Å². The van der Waals surface area contributed by atoms with Gasteiger partial charge in [0, 0.05) is 11.1 Å². The van der Waals surface area contributed by atoms with Gasteiger partial charge in [0.05, 0.1) is 19.9 Å². The first-order valence-corrected chi connectivity index (χ1v) is 6.77. The quantitative estimate of drug-likeness (QED) is 0.682. The van der Waals surface area contributed by atoms with Crippen LogP contribution < -0.4 is 14.9 Å². The molecule has 0 saturated carbocycles. The van der Waals surface area contributed by atoms with E-state index < -0.39 is 0 Å². The number of carbonyl (C=O) groups is 1. The van der Waals surface area contributed by atoms with E-state index in [1.54, 1.807) is 44.6 Å². The summed E-state index contributed by atoms with van der Waals surface area (Å²) in [6, 6.07) is 14.4. The molecule has 114 valence electrons. The Labute approximate surface area is 129 Å². The zero-order valence-electron chi connectivity index (χ0n) is 12.8. The zero-order valence-corrected chi connectivity index (χ0v) is 12.8. The number of amides is 1. The van der Waals surface area contributed by atoms with Crippen molar-refractivity contribution in [3.05, 3.63) is 59.7 Å². The highest BCUT2D eigenvalue weighted by atomic mass is 16.5.